The molecule has 0 radical (unpaired) electrons. The van der Waals surface area contributed by atoms with Gasteiger partial charge >= 0.3 is 0 Å². The highest BCUT2D eigenvalue weighted by atomic mass is 35.5. The summed E-state index contributed by atoms with van der Waals surface area (Å²) in [6.45, 7) is 3.82. The van der Waals surface area contributed by atoms with Crippen molar-refractivity contribution in [2.75, 3.05) is 17.7 Å². The van der Waals surface area contributed by atoms with E-state index in [0.29, 0.717) is 10.8 Å². The summed E-state index contributed by atoms with van der Waals surface area (Å²) in [5, 5.41) is 12.4. The highest BCUT2D eigenvalue weighted by Crippen LogP contribution is 2.23. The molecule has 0 spiro atoms. The van der Waals surface area contributed by atoms with Crippen molar-refractivity contribution >= 4 is 35.0 Å². The normalized spacial score (nSPS) is 12.2. The van der Waals surface area contributed by atoms with Gasteiger partial charge in [-0.3, -0.25) is 4.79 Å². The Morgan fingerprint density at radius 1 is 1.59 bits per heavy atom. The van der Waals surface area contributed by atoms with Gasteiger partial charge in [0.15, 0.2) is 0 Å². The third-order valence-electron chi connectivity index (χ3n) is 2.30. The Kier molecular flexibility index (Phi) is 5.82. The fourth-order valence-electron chi connectivity index (χ4n) is 1.20. The van der Waals surface area contributed by atoms with Crippen molar-refractivity contribution in [2.24, 2.45) is 0 Å². The van der Waals surface area contributed by atoms with Crippen LogP contribution in [0.2, 0.25) is 5.02 Å². The van der Waals surface area contributed by atoms with Crippen LogP contribution in [0.1, 0.15) is 12.5 Å². The van der Waals surface area contributed by atoms with Crippen LogP contribution in [0.15, 0.2) is 18.2 Å². The summed E-state index contributed by atoms with van der Waals surface area (Å²) >= 11 is 7.38. The van der Waals surface area contributed by atoms with Crippen molar-refractivity contribution in [3.05, 3.63) is 28.8 Å². The highest BCUT2D eigenvalue weighted by molar-refractivity contribution is 8.00. The molecule has 1 unspecified atom stereocenters. The van der Waals surface area contributed by atoms with Crippen molar-refractivity contribution in [3.63, 3.8) is 0 Å². The Labute approximate surface area is 111 Å². The molecule has 0 aromatic heterocycles. The molecule has 0 fully saturated rings. The van der Waals surface area contributed by atoms with Crippen LogP contribution in [-0.4, -0.2) is 28.6 Å². The number of halogens is 1. The number of anilines is 1. The minimum absolute atomic E-state index is 0.0706. The molecule has 1 aromatic rings. The quantitative estimate of drug-likeness (QED) is 0.867. The van der Waals surface area contributed by atoms with Crippen LogP contribution in [0, 0.1) is 6.92 Å². The lowest BCUT2D eigenvalue weighted by atomic mass is 10.2. The van der Waals surface area contributed by atoms with Crippen LogP contribution >= 0.6 is 23.4 Å². The molecule has 3 nitrogen and oxygen atoms in total. The maximum Gasteiger partial charge on any atom is 0.234 e. The van der Waals surface area contributed by atoms with E-state index in [9.17, 15) is 4.79 Å². The van der Waals surface area contributed by atoms with E-state index in [1.165, 1.54) is 11.8 Å². The number of nitrogens with one attached hydrogen (secondary N) is 1. The molecule has 0 saturated carbocycles. The minimum atomic E-state index is -0.0827. The SMILES string of the molecule is Cc1c(Cl)cccc1NC(=O)CSC(C)CO. The van der Waals surface area contributed by atoms with E-state index >= 15 is 0 Å². The summed E-state index contributed by atoms with van der Waals surface area (Å²) in [6.07, 6.45) is 0. The number of hydrogen-bond donors (Lipinski definition) is 2. The zero-order valence-electron chi connectivity index (χ0n) is 9.87. The molecule has 0 heterocycles. The van der Waals surface area contributed by atoms with Gasteiger partial charge in [-0.2, -0.15) is 0 Å². The number of benzene rings is 1. The third kappa shape index (κ3) is 4.58. The number of aliphatic hydroxyl groups excluding tert-OH is 1. The first-order chi connectivity index (χ1) is 8.04. The second-order valence-corrected chi connectivity index (χ2v) is 5.60. The molecule has 0 aliphatic heterocycles. The zero-order valence-corrected chi connectivity index (χ0v) is 11.4. The van der Waals surface area contributed by atoms with Crippen LogP contribution in [0.4, 0.5) is 5.69 Å². The highest BCUT2D eigenvalue weighted by Gasteiger charge is 2.08. The molecule has 94 valence electrons. The first-order valence-electron chi connectivity index (χ1n) is 5.32. The summed E-state index contributed by atoms with van der Waals surface area (Å²) in [7, 11) is 0. The van der Waals surface area contributed by atoms with Crippen molar-refractivity contribution in [2.45, 2.75) is 19.1 Å². The van der Waals surface area contributed by atoms with Gasteiger partial charge in [0.1, 0.15) is 0 Å². The van der Waals surface area contributed by atoms with Gasteiger partial charge in [-0.05, 0) is 24.6 Å². The van der Waals surface area contributed by atoms with Crippen molar-refractivity contribution in [1.29, 1.82) is 0 Å². The van der Waals surface area contributed by atoms with E-state index in [1.54, 1.807) is 12.1 Å². The standard InChI is InChI=1S/C12H16ClNO2S/c1-8(6-15)17-7-12(16)14-11-5-3-4-10(13)9(11)2/h3-5,8,15H,6-7H2,1-2H3,(H,14,16). The second kappa shape index (κ2) is 6.89. The maximum absolute atomic E-state index is 11.6. The van der Waals surface area contributed by atoms with Crippen LogP contribution in [-0.2, 0) is 4.79 Å². The third-order valence-corrected chi connectivity index (χ3v) is 3.85. The number of amides is 1. The molecule has 1 atom stereocenters. The largest absolute Gasteiger partial charge is 0.395 e. The number of aliphatic hydroxyl groups is 1. The van der Waals surface area contributed by atoms with Crippen molar-refractivity contribution in [1.82, 2.24) is 0 Å². The molecule has 17 heavy (non-hydrogen) atoms. The Morgan fingerprint density at radius 3 is 2.94 bits per heavy atom. The Hall–Kier alpha value is -0.710. The van der Waals surface area contributed by atoms with Crippen LogP contribution in [0.5, 0.6) is 0 Å². The van der Waals surface area contributed by atoms with E-state index in [-0.39, 0.29) is 17.8 Å². The van der Waals surface area contributed by atoms with E-state index in [0.717, 1.165) is 11.3 Å². The molecule has 1 rings (SSSR count). The lowest BCUT2D eigenvalue weighted by molar-refractivity contribution is -0.113. The van der Waals surface area contributed by atoms with Gasteiger partial charge in [-0.25, -0.2) is 0 Å². The number of hydrogen-bond acceptors (Lipinski definition) is 3. The van der Waals surface area contributed by atoms with E-state index in [2.05, 4.69) is 5.32 Å². The van der Waals surface area contributed by atoms with Gasteiger partial charge in [0.25, 0.3) is 0 Å². The lowest BCUT2D eigenvalue weighted by Gasteiger charge is -2.10. The number of thioether (sulfide) groups is 1. The summed E-state index contributed by atoms with van der Waals surface area (Å²) in [6, 6.07) is 5.41. The Bertz CT molecular complexity index is 398. The monoisotopic (exact) mass is 273 g/mol. The fourth-order valence-corrected chi connectivity index (χ4v) is 1.99. The van der Waals surface area contributed by atoms with Gasteiger partial charge in [-0.15, -0.1) is 11.8 Å². The second-order valence-electron chi connectivity index (χ2n) is 3.76. The molecule has 1 amide bonds. The molecule has 0 bridgehead atoms. The van der Waals surface area contributed by atoms with Gasteiger partial charge in [0, 0.05) is 16.0 Å². The Morgan fingerprint density at radius 2 is 2.29 bits per heavy atom. The maximum atomic E-state index is 11.6. The van der Waals surface area contributed by atoms with E-state index in [4.69, 9.17) is 16.7 Å². The van der Waals surface area contributed by atoms with Gasteiger partial charge < -0.3 is 10.4 Å². The predicted molar refractivity (Wildman–Crippen MR) is 73.8 cm³/mol. The molecule has 0 saturated heterocycles. The van der Waals surface area contributed by atoms with E-state index in [1.807, 2.05) is 19.9 Å². The van der Waals surface area contributed by atoms with Gasteiger partial charge in [0.2, 0.25) is 5.91 Å². The zero-order chi connectivity index (χ0) is 12.8. The minimum Gasteiger partial charge on any atom is -0.395 e. The average Bonchev–Trinajstić information content (AvgIpc) is 2.32. The number of carbonyl (C=O) groups is 1. The number of carbonyl (C=O) groups excluding carboxylic acids is 1. The predicted octanol–water partition coefficient (Wildman–Crippen LogP) is 2.70. The Balaban J connectivity index is 2.54. The molecule has 1 aromatic carbocycles. The first kappa shape index (κ1) is 14.4. The first-order valence-corrected chi connectivity index (χ1v) is 6.74. The molecular weight excluding hydrogens is 258 g/mol. The molecule has 0 aliphatic rings. The van der Waals surface area contributed by atoms with Gasteiger partial charge in [0.05, 0.1) is 12.4 Å². The average molecular weight is 274 g/mol. The van der Waals surface area contributed by atoms with E-state index < -0.39 is 0 Å². The summed E-state index contributed by atoms with van der Waals surface area (Å²) < 4.78 is 0. The lowest BCUT2D eigenvalue weighted by Crippen LogP contribution is -2.17. The van der Waals surface area contributed by atoms with Gasteiger partial charge in [-0.1, -0.05) is 24.6 Å². The van der Waals surface area contributed by atoms with Crippen molar-refractivity contribution < 1.29 is 9.90 Å². The molecule has 2 N–H and O–H groups in total. The fraction of sp³-hybridized carbons (Fsp3) is 0.417. The van der Waals surface area contributed by atoms with Crippen LogP contribution in [0.3, 0.4) is 0 Å². The molecule has 0 aliphatic carbocycles. The summed E-state index contributed by atoms with van der Waals surface area (Å²) in [5.41, 5.74) is 1.60. The summed E-state index contributed by atoms with van der Waals surface area (Å²) in [4.78, 5) is 11.6. The van der Waals surface area contributed by atoms with Crippen molar-refractivity contribution in [3.8, 4) is 0 Å². The van der Waals surface area contributed by atoms with Crippen LogP contribution < -0.4 is 5.32 Å². The van der Waals surface area contributed by atoms with Crippen LogP contribution in [0.25, 0.3) is 0 Å². The molecular formula is C12H16ClNO2S. The number of rotatable bonds is 5. The molecule has 5 heteroatoms. The smallest absolute Gasteiger partial charge is 0.234 e. The summed E-state index contributed by atoms with van der Waals surface area (Å²) in [5.74, 6) is 0.244. The topological polar surface area (TPSA) is 49.3 Å².